The van der Waals surface area contributed by atoms with Crippen molar-refractivity contribution < 1.29 is 4.74 Å². The Labute approximate surface area is 111 Å². The number of benzene rings is 1. The summed E-state index contributed by atoms with van der Waals surface area (Å²) in [6.45, 7) is 0.880. The summed E-state index contributed by atoms with van der Waals surface area (Å²) in [5.41, 5.74) is 2.73. The van der Waals surface area contributed by atoms with Crippen molar-refractivity contribution in [3.05, 3.63) is 34.2 Å². The van der Waals surface area contributed by atoms with Crippen molar-refractivity contribution in [3.8, 4) is 0 Å². The second-order valence-electron chi connectivity index (χ2n) is 5.10. The monoisotopic (exact) mass is 261 g/mol. The first-order valence-electron chi connectivity index (χ1n) is 6.77. The van der Waals surface area contributed by atoms with Gasteiger partial charge in [-0.15, -0.1) is 0 Å². The fourth-order valence-electron chi connectivity index (χ4n) is 2.78. The van der Waals surface area contributed by atoms with Crippen molar-refractivity contribution >= 4 is 11.0 Å². The van der Waals surface area contributed by atoms with Crippen molar-refractivity contribution in [1.82, 2.24) is 15.3 Å². The molecule has 1 aromatic heterocycles. The van der Waals surface area contributed by atoms with Crippen LogP contribution in [-0.2, 0) is 4.74 Å². The van der Waals surface area contributed by atoms with Crippen LogP contribution in [0.15, 0.2) is 23.0 Å². The molecule has 1 aromatic carbocycles. The van der Waals surface area contributed by atoms with Crippen LogP contribution in [0.5, 0.6) is 0 Å². The Balaban J connectivity index is 1.84. The van der Waals surface area contributed by atoms with Crippen molar-refractivity contribution in [2.75, 3.05) is 13.7 Å². The molecule has 5 nitrogen and oxygen atoms in total. The molecule has 3 N–H and O–H groups in total. The van der Waals surface area contributed by atoms with Gasteiger partial charge in [0.25, 0.3) is 0 Å². The van der Waals surface area contributed by atoms with Gasteiger partial charge in [-0.1, -0.05) is 6.07 Å². The first-order valence-corrected chi connectivity index (χ1v) is 6.77. The highest BCUT2D eigenvalue weighted by molar-refractivity contribution is 5.75. The molecule has 102 valence electrons. The van der Waals surface area contributed by atoms with Gasteiger partial charge < -0.3 is 20.0 Å². The SMILES string of the molecule is CNC(CC1CCCO1)c1ccc2[nH]c(=O)[nH]c2c1. The van der Waals surface area contributed by atoms with Gasteiger partial charge in [-0.2, -0.15) is 0 Å². The Morgan fingerprint density at radius 3 is 3.00 bits per heavy atom. The number of ether oxygens (including phenoxy) is 1. The van der Waals surface area contributed by atoms with Crippen LogP contribution >= 0.6 is 0 Å². The van der Waals surface area contributed by atoms with Gasteiger partial charge in [0, 0.05) is 12.6 Å². The van der Waals surface area contributed by atoms with Crippen LogP contribution in [-0.4, -0.2) is 29.7 Å². The van der Waals surface area contributed by atoms with Crippen LogP contribution in [0.3, 0.4) is 0 Å². The molecule has 1 aliphatic rings. The normalized spacial score (nSPS) is 21.0. The van der Waals surface area contributed by atoms with Crippen molar-refractivity contribution in [2.45, 2.75) is 31.4 Å². The molecule has 2 heterocycles. The fraction of sp³-hybridized carbons (Fsp3) is 0.500. The minimum atomic E-state index is -0.160. The van der Waals surface area contributed by atoms with Crippen molar-refractivity contribution in [1.29, 1.82) is 0 Å². The first kappa shape index (κ1) is 12.4. The van der Waals surface area contributed by atoms with E-state index >= 15 is 0 Å². The predicted octanol–water partition coefficient (Wildman–Crippen LogP) is 1.69. The van der Waals surface area contributed by atoms with Crippen LogP contribution in [0.1, 0.15) is 30.9 Å². The fourth-order valence-corrected chi connectivity index (χ4v) is 2.78. The average molecular weight is 261 g/mol. The summed E-state index contributed by atoms with van der Waals surface area (Å²) in [4.78, 5) is 16.8. The molecule has 1 aliphatic heterocycles. The molecule has 2 unspecified atom stereocenters. The zero-order chi connectivity index (χ0) is 13.2. The third-order valence-corrected chi connectivity index (χ3v) is 3.81. The highest BCUT2D eigenvalue weighted by atomic mass is 16.5. The van der Waals surface area contributed by atoms with Gasteiger partial charge in [0.15, 0.2) is 0 Å². The van der Waals surface area contributed by atoms with Gasteiger partial charge in [0.1, 0.15) is 0 Å². The highest BCUT2D eigenvalue weighted by Gasteiger charge is 2.21. The number of imidazole rings is 1. The summed E-state index contributed by atoms with van der Waals surface area (Å²) < 4.78 is 5.69. The molecule has 1 fully saturated rings. The number of nitrogens with one attached hydrogen (secondary N) is 3. The molecule has 0 bridgehead atoms. The third kappa shape index (κ3) is 2.57. The van der Waals surface area contributed by atoms with E-state index in [2.05, 4.69) is 21.4 Å². The Morgan fingerprint density at radius 1 is 1.42 bits per heavy atom. The van der Waals surface area contributed by atoms with Crippen LogP contribution in [0, 0.1) is 0 Å². The lowest BCUT2D eigenvalue weighted by molar-refractivity contribution is 0.0954. The van der Waals surface area contributed by atoms with Crippen LogP contribution in [0.4, 0.5) is 0 Å². The highest BCUT2D eigenvalue weighted by Crippen LogP contribution is 2.26. The number of rotatable bonds is 4. The predicted molar refractivity (Wildman–Crippen MR) is 74.3 cm³/mol. The van der Waals surface area contributed by atoms with Crippen LogP contribution < -0.4 is 11.0 Å². The quantitative estimate of drug-likeness (QED) is 0.784. The van der Waals surface area contributed by atoms with Gasteiger partial charge in [-0.3, -0.25) is 0 Å². The van der Waals surface area contributed by atoms with Gasteiger partial charge in [0.05, 0.1) is 17.1 Å². The molecule has 0 saturated carbocycles. The molecule has 5 heteroatoms. The molecule has 2 atom stereocenters. The Bertz CT molecular complexity index is 610. The lowest BCUT2D eigenvalue weighted by Crippen LogP contribution is -2.22. The van der Waals surface area contributed by atoms with E-state index in [4.69, 9.17) is 4.74 Å². The van der Waals surface area contributed by atoms with Gasteiger partial charge >= 0.3 is 5.69 Å². The summed E-state index contributed by atoms with van der Waals surface area (Å²) in [6.07, 6.45) is 3.61. The molecule has 3 rings (SSSR count). The summed E-state index contributed by atoms with van der Waals surface area (Å²) in [5.74, 6) is 0. The standard InChI is InChI=1S/C14H19N3O2/c1-15-12(8-10-3-2-6-19-10)9-4-5-11-13(7-9)17-14(18)16-11/h4-5,7,10,12,15H,2-3,6,8H2,1H3,(H2,16,17,18). The molecule has 0 spiro atoms. The molecular formula is C14H19N3O2. The Morgan fingerprint density at radius 2 is 2.26 bits per heavy atom. The van der Waals surface area contributed by atoms with Crippen LogP contribution in [0.25, 0.3) is 11.0 Å². The Kier molecular flexibility index (Phi) is 3.40. The van der Waals surface area contributed by atoms with E-state index in [0.29, 0.717) is 6.10 Å². The van der Waals surface area contributed by atoms with E-state index in [1.54, 1.807) is 0 Å². The zero-order valence-corrected chi connectivity index (χ0v) is 11.0. The smallest absolute Gasteiger partial charge is 0.323 e. The number of aromatic amines is 2. The summed E-state index contributed by atoms with van der Waals surface area (Å²) >= 11 is 0. The van der Waals surface area contributed by atoms with Crippen molar-refractivity contribution in [2.24, 2.45) is 0 Å². The minimum Gasteiger partial charge on any atom is -0.378 e. The van der Waals surface area contributed by atoms with Crippen molar-refractivity contribution in [3.63, 3.8) is 0 Å². The van der Waals surface area contributed by atoms with Gasteiger partial charge in [-0.25, -0.2) is 4.79 Å². The number of H-pyrrole nitrogens is 2. The second kappa shape index (κ2) is 5.19. The minimum absolute atomic E-state index is 0.160. The van der Waals surface area contributed by atoms with E-state index in [1.807, 2.05) is 19.2 Å². The molecule has 1 saturated heterocycles. The van der Waals surface area contributed by atoms with E-state index in [0.717, 1.165) is 36.9 Å². The number of aromatic nitrogens is 2. The van der Waals surface area contributed by atoms with E-state index in [-0.39, 0.29) is 11.7 Å². The first-order chi connectivity index (χ1) is 9.26. The topological polar surface area (TPSA) is 69.9 Å². The lowest BCUT2D eigenvalue weighted by atomic mass is 9.99. The number of fused-ring (bicyclic) bond motifs is 1. The second-order valence-corrected chi connectivity index (χ2v) is 5.10. The number of hydrogen-bond donors (Lipinski definition) is 3. The molecule has 19 heavy (non-hydrogen) atoms. The third-order valence-electron chi connectivity index (χ3n) is 3.81. The van der Waals surface area contributed by atoms with E-state index in [1.165, 1.54) is 5.56 Å². The summed E-state index contributed by atoms with van der Waals surface area (Å²) in [5, 5.41) is 3.33. The number of hydrogen-bond acceptors (Lipinski definition) is 3. The lowest BCUT2D eigenvalue weighted by Gasteiger charge is -2.20. The van der Waals surface area contributed by atoms with Crippen LogP contribution in [0.2, 0.25) is 0 Å². The average Bonchev–Trinajstić information content (AvgIpc) is 3.02. The van der Waals surface area contributed by atoms with Gasteiger partial charge in [0.2, 0.25) is 0 Å². The molecule has 0 radical (unpaired) electrons. The molecule has 2 aromatic rings. The summed E-state index contributed by atoms with van der Waals surface area (Å²) in [7, 11) is 1.96. The molecular weight excluding hydrogens is 242 g/mol. The molecule has 0 amide bonds. The Hall–Kier alpha value is -1.59. The maximum atomic E-state index is 11.3. The maximum Gasteiger partial charge on any atom is 0.323 e. The maximum absolute atomic E-state index is 11.3. The van der Waals surface area contributed by atoms with E-state index < -0.39 is 0 Å². The molecule has 0 aliphatic carbocycles. The summed E-state index contributed by atoms with van der Waals surface area (Å²) in [6, 6.07) is 6.29. The van der Waals surface area contributed by atoms with Gasteiger partial charge in [-0.05, 0) is 44.0 Å². The largest absolute Gasteiger partial charge is 0.378 e. The zero-order valence-electron chi connectivity index (χ0n) is 11.0. The van der Waals surface area contributed by atoms with E-state index in [9.17, 15) is 4.79 Å².